The van der Waals surface area contributed by atoms with Crippen molar-refractivity contribution in [3.05, 3.63) is 65.2 Å². The number of benzene rings is 2. The predicted octanol–water partition coefficient (Wildman–Crippen LogP) is 4.28. The van der Waals surface area contributed by atoms with Crippen LogP contribution in [0.3, 0.4) is 0 Å². The van der Waals surface area contributed by atoms with Gasteiger partial charge in [0, 0.05) is 5.56 Å². The lowest BCUT2D eigenvalue weighted by molar-refractivity contribution is 0.112. The molecule has 0 aliphatic rings. The van der Waals surface area contributed by atoms with Gasteiger partial charge in [-0.05, 0) is 35.6 Å². The molecule has 104 valence electrons. The van der Waals surface area contributed by atoms with Gasteiger partial charge in [0.05, 0.1) is 0 Å². The fourth-order valence-corrected chi connectivity index (χ4v) is 2.13. The average molecular weight is 268 g/mol. The Morgan fingerprint density at radius 1 is 1.05 bits per heavy atom. The van der Waals surface area contributed by atoms with Crippen molar-refractivity contribution in [3.63, 3.8) is 0 Å². The van der Waals surface area contributed by atoms with Crippen molar-refractivity contribution in [2.45, 2.75) is 26.9 Å². The molecule has 0 spiro atoms. The number of rotatable bonds is 6. The van der Waals surface area contributed by atoms with Crippen LogP contribution in [0.4, 0.5) is 0 Å². The van der Waals surface area contributed by atoms with Crippen molar-refractivity contribution >= 4 is 6.29 Å². The van der Waals surface area contributed by atoms with E-state index in [9.17, 15) is 4.79 Å². The number of carbonyl (C=O) groups is 1. The summed E-state index contributed by atoms with van der Waals surface area (Å²) >= 11 is 0. The third-order valence-corrected chi connectivity index (χ3v) is 3.14. The van der Waals surface area contributed by atoms with Gasteiger partial charge in [-0.3, -0.25) is 4.79 Å². The number of hydrogen-bond acceptors (Lipinski definition) is 2. The summed E-state index contributed by atoms with van der Waals surface area (Å²) in [6.07, 6.45) is 1.94. The third kappa shape index (κ3) is 3.95. The van der Waals surface area contributed by atoms with Crippen molar-refractivity contribution in [2.75, 3.05) is 0 Å². The van der Waals surface area contributed by atoms with Gasteiger partial charge in [0.2, 0.25) is 0 Å². The minimum Gasteiger partial charge on any atom is -0.489 e. The topological polar surface area (TPSA) is 26.3 Å². The molecule has 2 aromatic rings. The third-order valence-electron chi connectivity index (χ3n) is 3.14. The highest BCUT2D eigenvalue weighted by Gasteiger charge is 2.02. The predicted molar refractivity (Wildman–Crippen MR) is 81.1 cm³/mol. The van der Waals surface area contributed by atoms with Gasteiger partial charge in [-0.25, -0.2) is 0 Å². The largest absolute Gasteiger partial charge is 0.489 e. The zero-order chi connectivity index (χ0) is 14.4. The summed E-state index contributed by atoms with van der Waals surface area (Å²) in [5.41, 5.74) is 2.92. The van der Waals surface area contributed by atoms with E-state index in [0.29, 0.717) is 18.1 Å². The van der Waals surface area contributed by atoms with Gasteiger partial charge in [-0.1, -0.05) is 50.2 Å². The fraction of sp³-hybridized carbons (Fsp3) is 0.278. The maximum Gasteiger partial charge on any atom is 0.150 e. The maximum atomic E-state index is 10.9. The summed E-state index contributed by atoms with van der Waals surface area (Å²) in [6.45, 7) is 4.83. The second-order valence-corrected chi connectivity index (χ2v) is 5.35. The molecule has 0 fully saturated rings. The monoisotopic (exact) mass is 268 g/mol. The Kier molecular flexibility index (Phi) is 4.94. The minimum absolute atomic E-state index is 0.415. The molecule has 2 rings (SSSR count). The molecule has 0 bridgehead atoms. The molecule has 2 aromatic carbocycles. The lowest BCUT2D eigenvalue weighted by Gasteiger charge is -2.09. The van der Waals surface area contributed by atoms with Crippen molar-refractivity contribution in [1.29, 1.82) is 0 Å². The van der Waals surface area contributed by atoms with Crippen LogP contribution in [0.1, 0.15) is 35.3 Å². The first-order valence-corrected chi connectivity index (χ1v) is 6.94. The van der Waals surface area contributed by atoms with Crippen LogP contribution in [0, 0.1) is 5.92 Å². The molecule has 0 saturated carbocycles. The normalized spacial score (nSPS) is 10.6. The van der Waals surface area contributed by atoms with E-state index in [4.69, 9.17) is 4.74 Å². The maximum absolute atomic E-state index is 10.9. The Balaban J connectivity index is 1.98. The molecule has 0 aliphatic carbocycles. The van der Waals surface area contributed by atoms with Gasteiger partial charge in [0.15, 0.2) is 0 Å². The Labute approximate surface area is 120 Å². The lowest BCUT2D eigenvalue weighted by Crippen LogP contribution is -2.00. The zero-order valence-corrected chi connectivity index (χ0v) is 12.0. The Bertz CT molecular complexity index is 556. The minimum atomic E-state index is 0.415. The lowest BCUT2D eigenvalue weighted by atomic mass is 10.0. The molecule has 0 N–H and O–H groups in total. The summed E-state index contributed by atoms with van der Waals surface area (Å²) in [6, 6.07) is 15.7. The van der Waals surface area contributed by atoms with Gasteiger partial charge in [-0.15, -0.1) is 0 Å². The van der Waals surface area contributed by atoms with Crippen LogP contribution in [0.2, 0.25) is 0 Å². The van der Waals surface area contributed by atoms with Crippen LogP contribution < -0.4 is 4.74 Å². The van der Waals surface area contributed by atoms with Gasteiger partial charge >= 0.3 is 0 Å². The average Bonchev–Trinajstić information content (AvgIpc) is 2.46. The summed E-state index contributed by atoms with van der Waals surface area (Å²) in [5.74, 6) is 1.49. The summed E-state index contributed by atoms with van der Waals surface area (Å²) in [7, 11) is 0. The molecule has 2 nitrogen and oxygen atoms in total. The highest BCUT2D eigenvalue weighted by molar-refractivity contribution is 5.77. The smallest absolute Gasteiger partial charge is 0.150 e. The summed E-state index contributed by atoms with van der Waals surface area (Å²) < 4.78 is 5.74. The van der Waals surface area contributed by atoms with E-state index in [1.54, 1.807) is 6.07 Å². The summed E-state index contributed by atoms with van der Waals surface area (Å²) in [5, 5.41) is 0. The van der Waals surface area contributed by atoms with E-state index >= 15 is 0 Å². The number of ether oxygens (including phenoxy) is 1. The first kappa shape index (κ1) is 14.3. The molecule has 0 heterocycles. The molecule has 20 heavy (non-hydrogen) atoms. The number of aldehydes is 1. The fourth-order valence-electron chi connectivity index (χ4n) is 2.13. The second-order valence-electron chi connectivity index (χ2n) is 5.35. The van der Waals surface area contributed by atoms with Crippen molar-refractivity contribution in [2.24, 2.45) is 5.92 Å². The van der Waals surface area contributed by atoms with E-state index in [1.807, 2.05) is 30.3 Å². The standard InChI is InChI=1S/C18H20O2/c1-14(2)11-15-7-9-18(10-8-15)20-13-17-6-4-3-5-16(17)12-19/h3-10,12,14H,11,13H2,1-2H3. The van der Waals surface area contributed by atoms with Gasteiger partial charge < -0.3 is 4.74 Å². The molecule has 0 aliphatic heterocycles. The van der Waals surface area contributed by atoms with E-state index < -0.39 is 0 Å². The quantitative estimate of drug-likeness (QED) is 0.731. The second kappa shape index (κ2) is 6.90. The van der Waals surface area contributed by atoms with Crippen molar-refractivity contribution in [1.82, 2.24) is 0 Å². The highest BCUT2D eigenvalue weighted by Crippen LogP contribution is 2.17. The molecule has 0 unspecified atom stereocenters. The Hall–Kier alpha value is -2.09. The number of carbonyl (C=O) groups excluding carboxylic acids is 1. The van der Waals surface area contributed by atoms with E-state index in [2.05, 4.69) is 26.0 Å². The van der Waals surface area contributed by atoms with Gasteiger partial charge in [-0.2, -0.15) is 0 Å². The first-order chi connectivity index (χ1) is 9.69. The molecule has 2 heteroatoms. The van der Waals surface area contributed by atoms with E-state index in [1.165, 1.54) is 5.56 Å². The molecule has 0 amide bonds. The van der Waals surface area contributed by atoms with Gasteiger partial charge in [0.25, 0.3) is 0 Å². The van der Waals surface area contributed by atoms with Crippen LogP contribution in [0.15, 0.2) is 48.5 Å². The van der Waals surface area contributed by atoms with E-state index in [-0.39, 0.29) is 0 Å². The first-order valence-electron chi connectivity index (χ1n) is 6.94. The molecular formula is C18H20O2. The molecule has 0 radical (unpaired) electrons. The van der Waals surface area contributed by atoms with Crippen LogP contribution in [0.25, 0.3) is 0 Å². The van der Waals surface area contributed by atoms with Gasteiger partial charge in [0.1, 0.15) is 18.6 Å². The molecule has 0 aromatic heterocycles. The SMILES string of the molecule is CC(C)Cc1ccc(OCc2ccccc2C=O)cc1. The molecule has 0 saturated heterocycles. The molecule has 0 atom stereocenters. The Morgan fingerprint density at radius 3 is 2.40 bits per heavy atom. The van der Waals surface area contributed by atoms with Crippen LogP contribution in [-0.4, -0.2) is 6.29 Å². The van der Waals surface area contributed by atoms with Crippen LogP contribution >= 0.6 is 0 Å². The molecular weight excluding hydrogens is 248 g/mol. The van der Waals surface area contributed by atoms with Crippen molar-refractivity contribution < 1.29 is 9.53 Å². The van der Waals surface area contributed by atoms with Crippen LogP contribution in [-0.2, 0) is 13.0 Å². The van der Waals surface area contributed by atoms with Crippen molar-refractivity contribution in [3.8, 4) is 5.75 Å². The highest BCUT2D eigenvalue weighted by atomic mass is 16.5. The Morgan fingerprint density at radius 2 is 1.75 bits per heavy atom. The number of hydrogen-bond donors (Lipinski definition) is 0. The van der Waals surface area contributed by atoms with E-state index in [0.717, 1.165) is 24.0 Å². The summed E-state index contributed by atoms with van der Waals surface area (Å²) in [4.78, 5) is 10.9. The zero-order valence-electron chi connectivity index (χ0n) is 12.0. The van der Waals surface area contributed by atoms with Crippen LogP contribution in [0.5, 0.6) is 5.75 Å².